The van der Waals surface area contributed by atoms with Gasteiger partial charge >= 0.3 is 6.36 Å². The molecule has 1 heterocycles. The van der Waals surface area contributed by atoms with Gasteiger partial charge in [-0.2, -0.15) is 0 Å². The first kappa shape index (κ1) is 23.3. The Hall–Kier alpha value is -2.00. The van der Waals surface area contributed by atoms with Crippen LogP contribution in [-0.2, 0) is 15.9 Å². The zero-order valence-corrected chi connectivity index (χ0v) is 16.8. The molecule has 1 atom stereocenters. The van der Waals surface area contributed by atoms with Crippen LogP contribution in [-0.4, -0.2) is 58.4 Å². The molecule has 0 radical (unpaired) electrons. The summed E-state index contributed by atoms with van der Waals surface area (Å²) < 4.78 is 51.4. The van der Waals surface area contributed by atoms with Gasteiger partial charge in [-0.25, -0.2) is 0 Å². The van der Waals surface area contributed by atoms with E-state index in [2.05, 4.69) is 20.4 Å². The number of benzene rings is 1. The standard InChI is InChI=1S/C20H30F3N3O3/c1-2-24-19(25-10-3-12-27-14-17-9-13-28-15-17)26-11-8-16-4-6-18(7-5-16)29-20(21,22)23/h4-7,17H,2-3,8-15H2,1H3,(H2,24,25,26). The molecule has 0 bridgehead atoms. The number of nitrogens with zero attached hydrogens (tertiary/aromatic N) is 1. The summed E-state index contributed by atoms with van der Waals surface area (Å²) in [5.41, 5.74) is 0.909. The largest absolute Gasteiger partial charge is 0.573 e. The minimum absolute atomic E-state index is 0.216. The molecule has 1 aromatic rings. The quantitative estimate of drug-likeness (QED) is 0.329. The van der Waals surface area contributed by atoms with Crippen LogP contribution in [0.1, 0.15) is 25.3 Å². The lowest BCUT2D eigenvalue weighted by molar-refractivity contribution is -0.274. The van der Waals surface area contributed by atoms with E-state index in [1.807, 2.05) is 6.92 Å². The first-order chi connectivity index (χ1) is 14.0. The second kappa shape index (κ2) is 12.5. The lowest BCUT2D eigenvalue weighted by Gasteiger charge is -2.12. The Labute approximate surface area is 169 Å². The van der Waals surface area contributed by atoms with E-state index in [1.165, 1.54) is 12.1 Å². The van der Waals surface area contributed by atoms with Gasteiger partial charge < -0.3 is 24.8 Å². The summed E-state index contributed by atoms with van der Waals surface area (Å²) in [5.74, 6) is 1.02. The fourth-order valence-electron chi connectivity index (χ4n) is 2.85. The van der Waals surface area contributed by atoms with Gasteiger partial charge in [-0.05, 0) is 43.9 Å². The highest BCUT2D eigenvalue weighted by Crippen LogP contribution is 2.22. The second-order valence-corrected chi connectivity index (χ2v) is 6.79. The third kappa shape index (κ3) is 10.4. The smallest absolute Gasteiger partial charge is 0.406 e. The highest BCUT2D eigenvalue weighted by molar-refractivity contribution is 5.79. The van der Waals surface area contributed by atoms with Gasteiger partial charge in [0.15, 0.2) is 5.96 Å². The molecule has 6 nitrogen and oxygen atoms in total. The average molecular weight is 417 g/mol. The molecule has 9 heteroatoms. The van der Waals surface area contributed by atoms with E-state index in [4.69, 9.17) is 9.47 Å². The Morgan fingerprint density at radius 3 is 2.69 bits per heavy atom. The Morgan fingerprint density at radius 2 is 2.03 bits per heavy atom. The number of rotatable bonds is 11. The fourth-order valence-corrected chi connectivity index (χ4v) is 2.85. The highest BCUT2D eigenvalue weighted by Gasteiger charge is 2.30. The highest BCUT2D eigenvalue weighted by atomic mass is 19.4. The van der Waals surface area contributed by atoms with Gasteiger partial charge in [-0.3, -0.25) is 4.99 Å². The molecular weight excluding hydrogens is 387 g/mol. The van der Waals surface area contributed by atoms with Crippen LogP contribution >= 0.6 is 0 Å². The number of halogens is 3. The molecule has 0 amide bonds. The molecule has 1 fully saturated rings. The Kier molecular flexibility index (Phi) is 10.1. The van der Waals surface area contributed by atoms with E-state index in [0.29, 0.717) is 38.0 Å². The van der Waals surface area contributed by atoms with Crippen LogP contribution in [0.15, 0.2) is 29.3 Å². The molecule has 0 saturated carbocycles. The number of hydrogen-bond acceptors (Lipinski definition) is 4. The topological polar surface area (TPSA) is 64.1 Å². The van der Waals surface area contributed by atoms with E-state index in [9.17, 15) is 13.2 Å². The summed E-state index contributed by atoms with van der Waals surface area (Å²) in [6.07, 6.45) is -2.10. The predicted molar refractivity (Wildman–Crippen MR) is 105 cm³/mol. The molecule has 1 aromatic carbocycles. The Bertz CT molecular complexity index is 603. The van der Waals surface area contributed by atoms with Gasteiger partial charge in [0, 0.05) is 38.8 Å². The predicted octanol–water partition coefficient (Wildman–Crippen LogP) is 3.13. The summed E-state index contributed by atoms with van der Waals surface area (Å²) >= 11 is 0. The fraction of sp³-hybridized carbons (Fsp3) is 0.650. The van der Waals surface area contributed by atoms with Crippen LogP contribution in [0.25, 0.3) is 0 Å². The summed E-state index contributed by atoms with van der Waals surface area (Å²) in [5, 5.41) is 6.40. The zero-order chi connectivity index (χ0) is 21.0. The van der Waals surface area contributed by atoms with Crippen molar-refractivity contribution in [1.29, 1.82) is 0 Å². The maximum Gasteiger partial charge on any atom is 0.573 e. The van der Waals surface area contributed by atoms with Crippen LogP contribution in [0.5, 0.6) is 5.75 Å². The van der Waals surface area contributed by atoms with Gasteiger partial charge in [0.1, 0.15) is 5.75 Å². The SMILES string of the molecule is CCNC(=NCCCOCC1CCOC1)NCCc1ccc(OC(F)(F)F)cc1. The number of aliphatic imine (C=N–C) groups is 1. The van der Waals surface area contributed by atoms with Crippen molar-refractivity contribution >= 4 is 5.96 Å². The van der Waals surface area contributed by atoms with Crippen LogP contribution in [0.3, 0.4) is 0 Å². The van der Waals surface area contributed by atoms with Crippen molar-refractivity contribution in [1.82, 2.24) is 10.6 Å². The second-order valence-electron chi connectivity index (χ2n) is 6.79. The maximum atomic E-state index is 12.2. The third-order valence-corrected chi connectivity index (χ3v) is 4.30. The molecule has 1 aliphatic rings. The van der Waals surface area contributed by atoms with E-state index in [1.54, 1.807) is 12.1 Å². The van der Waals surface area contributed by atoms with Gasteiger partial charge in [-0.15, -0.1) is 13.2 Å². The van der Waals surface area contributed by atoms with Crippen LogP contribution in [0.4, 0.5) is 13.2 Å². The molecule has 164 valence electrons. The van der Waals surface area contributed by atoms with Gasteiger partial charge in [-0.1, -0.05) is 12.1 Å². The number of alkyl halides is 3. The van der Waals surface area contributed by atoms with Crippen molar-refractivity contribution < 1.29 is 27.4 Å². The lowest BCUT2D eigenvalue weighted by atomic mass is 10.1. The van der Waals surface area contributed by atoms with Crippen molar-refractivity contribution in [2.24, 2.45) is 10.9 Å². The van der Waals surface area contributed by atoms with Crippen molar-refractivity contribution in [2.75, 3.05) is 46.1 Å². The molecular formula is C20H30F3N3O3. The van der Waals surface area contributed by atoms with E-state index in [-0.39, 0.29) is 5.75 Å². The number of hydrogen-bond donors (Lipinski definition) is 2. The van der Waals surface area contributed by atoms with Crippen molar-refractivity contribution in [3.63, 3.8) is 0 Å². The summed E-state index contributed by atoms with van der Waals surface area (Å²) in [4.78, 5) is 4.51. The molecule has 0 spiro atoms. The maximum absolute atomic E-state index is 12.2. The first-order valence-corrected chi connectivity index (χ1v) is 9.98. The Morgan fingerprint density at radius 1 is 1.24 bits per heavy atom. The third-order valence-electron chi connectivity index (χ3n) is 4.30. The monoisotopic (exact) mass is 417 g/mol. The van der Waals surface area contributed by atoms with E-state index in [0.717, 1.165) is 44.8 Å². The first-order valence-electron chi connectivity index (χ1n) is 9.98. The van der Waals surface area contributed by atoms with Crippen molar-refractivity contribution in [3.05, 3.63) is 29.8 Å². The molecule has 2 rings (SSSR count). The number of nitrogens with one attached hydrogen (secondary N) is 2. The number of ether oxygens (including phenoxy) is 3. The van der Waals surface area contributed by atoms with Gasteiger partial charge in [0.05, 0.1) is 13.2 Å². The van der Waals surface area contributed by atoms with Crippen molar-refractivity contribution in [3.8, 4) is 5.75 Å². The Balaban J connectivity index is 1.63. The lowest BCUT2D eigenvalue weighted by Crippen LogP contribution is -2.38. The normalized spacial score (nSPS) is 17.4. The van der Waals surface area contributed by atoms with Gasteiger partial charge in [0.25, 0.3) is 0 Å². The molecule has 0 aliphatic carbocycles. The molecule has 1 aliphatic heterocycles. The van der Waals surface area contributed by atoms with Crippen LogP contribution < -0.4 is 15.4 Å². The van der Waals surface area contributed by atoms with Gasteiger partial charge in [0.2, 0.25) is 0 Å². The summed E-state index contributed by atoms with van der Waals surface area (Å²) in [6.45, 7) is 7.05. The van der Waals surface area contributed by atoms with Crippen molar-refractivity contribution in [2.45, 2.75) is 32.5 Å². The average Bonchev–Trinajstić information content (AvgIpc) is 3.18. The number of guanidine groups is 1. The minimum atomic E-state index is -4.67. The van der Waals surface area contributed by atoms with Crippen LogP contribution in [0, 0.1) is 5.92 Å². The van der Waals surface area contributed by atoms with E-state index < -0.39 is 6.36 Å². The molecule has 1 unspecified atom stereocenters. The van der Waals surface area contributed by atoms with Crippen LogP contribution in [0.2, 0.25) is 0 Å². The van der Waals surface area contributed by atoms with E-state index >= 15 is 0 Å². The zero-order valence-electron chi connectivity index (χ0n) is 16.8. The molecule has 2 N–H and O–H groups in total. The molecule has 1 saturated heterocycles. The molecule has 0 aromatic heterocycles. The summed E-state index contributed by atoms with van der Waals surface area (Å²) in [7, 11) is 0. The minimum Gasteiger partial charge on any atom is -0.406 e. The molecule has 29 heavy (non-hydrogen) atoms. The summed E-state index contributed by atoms with van der Waals surface area (Å²) in [6, 6.07) is 5.89.